The molecule has 1 aromatic carbocycles. The molecule has 0 atom stereocenters. The van der Waals surface area contributed by atoms with Crippen molar-refractivity contribution < 1.29 is 14.6 Å². The van der Waals surface area contributed by atoms with Gasteiger partial charge in [-0.25, -0.2) is 4.79 Å². The van der Waals surface area contributed by atoms with Crippen LogP contribution in [0.4, 0.5) is 0 Å². The predicted molar refractivity (Wildman–Crippen MR) is 57.1 cm³/mol. The first kappa shape index (κ1) is 11.1. The molecular formula is C12H12O3. The molecule has 0 aliphatic rings. The van der Waals surface area contributed by atoms with E-state index in [1.807, 2.05) is 0 Å². The van der Waals surface area contributed by atoms with Gasteiger partial charge in [0.1, 0.15) is 17.9 Å². The van der Waals surface area contributed by atoms with Crippen molar-refractivity contribution in [2.45, 2.75) is 13.8 Å². The number of carboxylic acid groups (broad SMARTS) is 1. The molecule has 1 N–H and O–H groups in total. The molecule has 3 heteroatoms. The Balaban J connectivity index is 3.00. The van der Waals surface area contributed by atoms with Crippen molar-refractivity contribution in [2.75, 3.05) is 6.61 Å². The Labute approximate surface area is 88.7 Å². The van der Waals surface area contributed by atoms with Gasteiger partial charge in [0.2, 0.25) is 0 Å². The van der Waals surface area contributed by atoms with Crippen molar-refractivity contribution in [1.29, 1.82) is 0 Å². The number of hydrogen-bond acceptors (Lipinski definition) is 2. The number of carboxylic acids is 1. The Morgan fingerprint density at radius 1 is 1.53 bits per heavy atom. The molecule has 0 aromatic heterocycles. The Morgan fingerprint density at radius 2 is 2.27 bits per heavy atom. The first-order chi connectivity index (χ1) is 7.16. The quantitative estimate of drug-likeness (QED) is 0.767. The van der Waals surface area contributed by atoms with Gasteiger partial charge >= 0.3 is 5.97 Å². The third-order valence-corrected chi connectivity index (χ3v) is 1.91. The van der Waals surface area contributed by atoms with Crippen LogP contribution in [0.15, 0.2) is 18.2 Å². The molecule has 0 radical (unpaired) electrons. The van der Waals surface area contributed by atoms with Gasteiger partial charge in [-0.2, -0.15) is 0 Å². The SMILES string of the molecule is CC#CCOc1c(C)cccc1C(=O)O. The highest BCUT2D eigenvalue weighted by atomic mass is 16.5. The van der Waals surface area contributed by atoms with Gasteiger partial charge in [0, 0.05) is 0 Å². The Morgan fingerprint density at radius 3 is 2.87 bits per heavy atom. The maximum absolute atomic E-state index is 10.9. The van der Waals surface area contributed by atoms with E-state index in [1.54, 1.807) is 26.0 Å². The van der Waals surface area contributed by atoms with E-state index < -0.39 is 5.97 Å². The lowest BCUT2D eigenvalue weighted by Crippen LogP contribution is -2.04. The fourth-order valence-corrected chi connectivity index (χ4v) is 1.19. The van der Waals surface area contributed by atoms with E-state index >= 15 is 0 Å². The molecule has 0 aliphatic carbocycles. The Hall–Kier alpha value is -1.95. The summed E-state index contributed by atoms with van der Waals surface area (Å²) in [6, 6.07) is 5.02. The average molecular weight is 204 g/mol. The number of aryl methyl sites for hydroxylation is 1. The van der Waals surface area contributed by atoms with Crippen molar-refractivity contribution >= 4 is 5.97 Å². The number of ether oxygens (including phenoxy) is 1. The smallest absolute Gasteiger partial charge is 0.339 e. The fourth-order valence-electron chi connectivity index (χ4n) is 1.19. The summed E-state index contributed by atoms with van der Waals surface area (Å²) in [6.45, 7) is 3.72. The second kappa shape index (κ2) is 5.06. The molecule has 0 fully saturated rings. The highest BCUT2D eigenvalue weighted by Crippen LogP contribution is 2.23. The number of benzene rings is 1. The number of rotatable bonds is 3. The molecule has 0 amide bonds. The van der Waals surface area contributed by atoms with E-state index in [-0.39, 0.29) is 12.2 Å². The van der Waals surface area contributed by atoms with Crippen LogP contribution in [0.5, 0.6) is 5.75 Å². The topological polar surface area (TPSA) is 46.5 Å². The van der Waals surface area contributed by atoms with Gasteiger partial charge in [-0.3, -0.25) is 0 Å². The Kier molecular flexibility index (Phi) is 3.75. The molecule has 0 heterocycles. The van der Waals surface area contributed by atoms with Gasteiger partial charge in [0.15, 0.2) is 0 Å². The van der Waals surface area contributed by atoms with E-state index in [1.165, 1.54) is 6.07 Å². The zero-order chi connectivity index (χ0) is 11.3. The standard InChI is InChI=1S/C12H12O3/c1-3-4-8-15-11-9(2)6-5-7-10(11)12(13)14/h5-7H,8H2,1-2H3,(H,13,14). The molecule has 0 aliphatic heterocycles. The molecule has 0 bridgehead atoms. The second-order valence-corrected chi connectivity index (χ2v) is 2.97. The zero-order valence-electron chi connectivity index (χ0n) is 8.70. The molecule has 0 spiro atoms. The molecule has 0 saturated heterocycles. The molecule has 15 heavy (non-hydrogen) atoms. The normalized spacial score (nSPS) is 8.93. The first-order valence-corrected chi connectivity index (χ1v) is 4.52. The van der Waals surface area contributed by atoms with Gasteiger partial charge in [0.05, 0.1) is 0 Å². The minimum atomic E-state index is -0.988. The van der Waals surface area contributed by atoms with Crippen LogP contribution in [0.25, 0.3) is 0 Å². The number of hydrogen-bond donors (Lipinski definition) is 1. The Bertz CT molecular complexity index is 424. The van der Waals surface area contributed by atoms with Gasteiger partial charge in [0.25, 0.3) is 0 Å². The first-order valence-electron chi connectivity index (χ1n) is 4.52. The van der Waals surface area contributed by atoms with Crippen LogP contribution in [0, 0.1) is 18.8 Å². The molecule has 1 rings (SSSR count). The lowest BCUT2D eigenvalue weighted by atomic mass is 10.1. The maximum atomic E-state index is 10.9. The largest absolute Gasteiger partial charge is 0.480 e. The summed E-state index contributed by atoms with van der Waals surface area (Å²) >= 11 is 0. The van der Waals surface area contributed by atoms with Crippen molar-refractivity contribution in [2.24, 2.45) is 0 Å². The predicted octanol–water partition coefficient (Wildman–Crippen LogP) is 2.10. The summed E-state index contributed by atoms with van der Waals surface area (Å²) in [5, 5.41) is 8.93. The van der Waals surface area contributed by atoms with Crippen LogP contribution >= 0.6 is 0 Å². The van der Waals surface area contributed by atoms with Crippen LogP contribution in [0.2, 0.25) is 0 Å². The van der Waals surface area contributed by atoms with Gasteiger partial charge in [-0.15, -0.1) is 5.92 Å². The second-order valence-electron chi connectivity index (χ2n) is 2.97. The summed E-state index contributed by atoms with van der Waals surface area (Å²) in [4.78, 5) is 10.9. The highest BCUT2D eigenvalue weighted by molar-refractivity contribution is 5.91. The number of carbonyl (C=O) groups is 1. The van der Waals surface area contributed by atoms with Crippen LogP contribution < -0.4 is 4.74 Å². The van der Waals surface area contributed by atoms with Gasteiger partial charge < -0.3 is 9.84 Å². The molecule has 78 valence electrons. The van der Waals surface area contributed by atoms with E-state index in [4.69, 9.17) is 9.84 Å². The van der Waals surface area contributed by atoms with Crippen molar-refractivity contribution in [1.82, 2.24) is 0 Å². The monoisotopic (exact) mass is 204 g/mol. The molecular weight excluding hydrogens is 192 g/mol. The summed E-state index contributed by atoms with van der Waals surface area (Å²) < 4.78 is 5.32. The average Bonchev–Trinajstić information content (AvgIpc) is 2.20. The van der Waals surface area contributed by atoms with Gasteiger partial charge in [-0.1, -0.05) is 18.1 Å². The molecule has 1 aromatic rings. The summed E-state index contributed by atoms with van der Waals surface area (Å²) in [6.07, 6.45) is 0. The number of aromatic carboxylic acids is 1. The summed E-state index contributed by atoms with van der Waals surface area (Å²) in [5.74, 6) is 4.82. The third-order valence-electron chi connectivity index (χ3n) is 1.91. The van der Waals surface area contributed by atoms with Gasteiger partial charge in [-0.05, 0) is 25.5 Å². The van der Waals surface area contributed by atoms with Crippen molar-refractivity contribution in [3.05, 3.63) is 29.3 Å². The molecule has 0 unspecified atom stereocenters. The van der Waals surface area contributed by atoms with Crippen LogP contribution in [0.1, 0.15) is 22.8 Å². The minimum absolute atomic E-state index is 0.174. The van der Waals surface area contributed by atoms with Crippen LogP contribution in [-0.4, -0.2) is 17.7 Å². The lowest BCUT2D eigenvalue weighted by molar-refractivity contribution is 0.0692. The van der Waals surface area contributed by atoms with Crippen LogP contribution in [0.3, 0.4) is 0 Å². The maximum Gasteiger partial charge on any atom is 0.339 e. The van der Waals surface area contributed by atoms with Crippen molar-refractivity contribution in [3.63, 3.8) is 0 Å². The fraction of sp³-hybridized carbons (Fsp3) is 0.250. The van der Waals surface area contributed by atoms with E-state index in [0.29, 0.717) is 5.75 Å². The lowest BCUT2D eigenvalue weighted by Gasteiger charge is -2.09. The van der Waals surface area contributed by atoms with Crippen LogP contribution in [-0.2, 0) is 0 Å². The van der Waals surface area contributed by atoms with E-state index in [2.05, 4.69) is 11.8 Å². The molecule has 0 saturated carbocycles. The van der Waals surface area contributed by atoms with E-state index in [9.17, 15) is 4.79 Å². The minimum Gasteiger partial charge on any atom is -0.480 e. The summed E-state index contributed by atoms with van der Waals surface area (Å²) in [7, 11) is 0. The van der Waals surface area contributed by atoms with Crippen molar-refractivity contribution in [3.8, 4) is 17.6 Å². The third kappa shape index (κ3) is 2.75. The van der Waals surface area contributed by atoms with E-state index in [0.717, 1.165) is 5.56 Å². The zero-order valence-corrected chi connectivity index (χ0v) is 8.70. The molecule has 3 nitrogen and oxygen atoms in total. The highest BCUT2D eigenvalue weighted by Gasteiger charge is 2.12. The number of para-hydroxylation sites is 1. The summed E-state index contributed by atoms with van der Waals surface area (Å²) in [5.41, 5.74) is 0.973.